The molecular weight excluding hydrogens is 214 g/mol. The maximum Gasteiger partial charge on any atom is 0.190 e. The standard InChI is InChI=1S/C11H8ClNO2/c12-9-4-1-5-13-11(9)10(14)7-8-3-2-6-15-8/h1-6H,7H2. The lowest BCUT2D eigenvalue weighted by Crippen LogP contribution is -2.05. The minimum atomic E-state index is -0.143. The molecule has 2 aromatic heterocycles. The summed E-state index contributed by atoms with van der Waals surface area (Å²) in [6, 6.07) is 6.81. The summed E-state index contributed by atoms with van der Waals surface area (Å²) in [6.07, 6.45) is 3.26. The average Bonchev–Trinajstić information content (AvgIpc) is 2.71. The van der Waals surface area contributed by atoms with Gasteiger partial charge in [-0.1, -0.05) is 11.6 Å². The molecule has 0 aliphatic carbocycles. The molecule has 2 heterocycles. The quantitative estimate of drug-likeness (QED) is 0.749. The summed E-state index contributed by atoms with van der Waals surface area (Å²) in [6.45, 7) is 0. The second-order valence-electron chi connectivity index (χ2n) is 3.01. The third-order valence-corrected chi connectivity index (χ3v) is 2.24. The Morgan fingerprint density at radius 1 is 1.40 bits per heavy atom. The molecule has 0 saturated heterocycles. The third kappa shape index (κ3) is 2.25. The number of hydrogen-bond donors (Lipinski definition) is 0. The van der Waals surface area contributed by atoms with Crippen LogP contribution in [0.25, 0.3) is 0 Å². The van der Waals surface area contributed by atoms with Crippen molar-refractivity contribution in [1.29, 1.82) is 0 Å². The fourth-order valence-corrected chi connectivity index (χ4v) is 1.47. The normalized spacial score (nSPS) is 10.2. The van der Waals surface area contributed by atoms with E-state index in [0.717, 1.165) is 0 Å². The summed E-state index contributed by atoms with van der Waals surface area (Å²) in [5.74, 6) is 0.470. The van der Waals surface area contributed by atoms with E-state index in [4.69, 9.17) is 16.0 Å². The number of nitrogens with zero attached hydrogens (tertiary/aromatic N) is 1. The van der Waals surface area contributed by atoms with Gasteiger partial charge in [-0.2, -0.15) is 0 Å². The Hall–Kier alpha value is -1.61. The number of aromatic nitrogens is 1. The fraction of sp³-hybridized carbons (Fsp3) is 0.0909. The Kier molecular flexibility index (Phi) is 2.83. The first-order valence-corrected chi connectivity index (χ1v) is 4.81. The van der Waals surface area contributed by atoms with Gasteiger partial charge in [-0.25, -0.2) is 0 Å². The maximum absolute atomic E-state index is 11.7. The van der Waals surface area contributed by atoms with Crippen LogP contribution in [0.2, 0.25) is 5.02 Å². The SMILES string of the molecule is O=C(Cc1ccco1)c1ncccc1Cl. The first-order valence-electron chi connectivity index (χ1n) is 4.43. The predicted octanol–water partition coefficient (Wildman–Crippen LogP) is 2.75. The monoisotopic (exact) mass is 221 g/mol. The second kappa shape index (κ2) is 4.28. The number of carbonyl (C=O) groups is 1. The molecule has 0 atom stereocenters. The molecular formula is C11H8ClNO2. The lowest BCUT2D eigenvalue weighted by atomic mass is 10.1. The van der Waals surface area contributed by atoms with Gasteiger partial charge in [-0.05, 0) is 24.3 Å². The summed E-state index contributed by atoms with van der Waals surface area (Å²) in [5.41, 5.74) is 0.288. The van der Waals surface area contributed by atoms with E-state index in [1.165, 1.54) is 6.26 Å². The summed E-state index contributed by atoms with van der Waals surface area (Å²) in [4.78, 5) is 15.7. The molecule has 0 amide bonds. The molecule has 2 aromatic rings. The molecule has 0 radical (unpaired) electrons. The Balaban J connectivity index is 2.19. The highest BCUT2D eigenvalue weighted by molar-refractivity contribution is 6.33. The van der Waals surface area contributed by atoms with Gasteiger partial charge in [-0.15, -0.1) is 0 Å². The highest BCUT2D eigenvalue weighted by Crippen LogP contribution is 2.15. The Morgan fingerprint density at radius 2 is 2.27 bits per heavy atom. The first-order chi connectivity index (χ1) is 7.27. The van der Waals surface area contributed by atoms with Crippen LogP contribution in [0.5, 0.6) is 0 Å². The molecule has 0 aliphatic heterocycles. The van der Waals surface area contributed by atoms with Crippen molar-refractivity contribution in [2.75, 3.05) is 0 Å². The number of Topliss-reactive ketones (excluding diaryl/α,β-unsaturated/α-hetero) is 1. The van der Waals surface area contributed by atoms with Crippen molar-refractivity contribution < 1.29 is 9.21 Å². The average molecular weight is 222 g/mol. The highest BCUT2D eigenvalue weighted by atomic mass is 35.5. The minimum absolute atomic E-state index is 0.143. The molecule has 2 rings (SSSR count). The van der Waals surface area contributed by atoms with Gasteiger partial charge in [0.2, 0.25) is 0 Å². The van der Waals surface area contributed by atoms with Gasteiger partial charge in [0.25, 0.3) is 0 Å². The van der Waals surface area contributed by atoms with Gasteiger partial charge < -0.3 is 4.42 Å². The molecule has 0 unspecified atom stereocenters. The van der Waals surface area contributed by atoms with Gasteiger partial charge in [0.1, 0.15) is 11.5 Å². The van der Waals surface area contributed by atoms with Gasteiger partial charge >= 0.3 is 0 Å². The van der Waals surface area contributed by atoms with E-state index in [1.54, 1.807) is 30.5 Å². The van der Waals surface area contributed by atoms with Crippen molar-refractivity contribution in [1.82, 2.24) is 4.98 Å². The van der Waals surface area contributed by atoms with Crippen molar-refractivity contribution in [3.05, 3.63) is 53.2 Å². The number of furan rings is 1. The lowest BCUT2D eigenvalue weighted by Gasteiger charge is -1.99. The van der Waals surface area contributed by atoms with Gasteiger partial charge in [-0.3, -0.25) is 9.78 Å². The van der Waals surface area contributed by atoms with Gasteiger partial charge in [0.15, 0.2) is 5.78 Å². The van der Waals surface area contributed by atoms with Crippen LogP contribution in [0, 0.1) is 0 Å². The Morgan fingerprint density at radius 3 is 2.93 bits per heavy atom. The fourth-order valence-electron chi connectivity index (χ4n) is 1.25. The van der Waals surface area contributed by atoms with Crippen molar-refractivity contribution in [3.63, 3.8) is 0 Å². The van der Waals surface area contributed by atoms with E-state index >= 15 is 0 Å². The van der Waals surface area contributed by atoms with Crippen LogP contribution in [-0.4, -0.2) is 10.8 Å². The zero-order valence-electron chi connectivity index (χ0n) is 7.81. The molecule has 0 fully saturated rings. The van der Waals surface area contributed by atoms with E-state index in [2.05, 4.69) is 4.98 Å². The summed E-state index contributed by atoms with van der Waals surface area (Å²) < 4.78 is 5.07. The molecule has 0 spiro atoms. The van der Waals surface area contributed by atoms with Crippen LogP contribution in [0.15, 0.2) is 41.1 Å². The van der Waals surface area contributed by atoms with Crippen molar-refractivity contribution in [3.8, 4) is 0 Å². The molecule has 15 heavy (non-hydrogen) atoms. The maximum atomic E-state index is 11.7. The topological polar surface area (TPSA) is 43.1 Å². The molecule has 4 heteroatoms. The first kappa shape index (κ1) is 9.93. The van der Waals surface area contributed by atoms with Crippen LogP contribution in [0.1, 0.15) is 16.2 Å². The van der Waals surface area contributed by atoms with Crippen LogP contribution in [-0.2, 0) is 6.42 Å². The van der Waals surface area contributed by atoms with Crippen LogP contribution in [0.4, 0.5) is 0 Å². The van der Waals surface area contributed by atoms with Gasteiger partial charge in [0, 0.05) is 6.20 Å². The largest absolute Gasteiger partial charge is 0.469 e. The second-order valence-corrected chi connectivity index (χ2v) is 3.42. The summed E-state index contributed by atoms with van der Waals surface area (Å²) >= 11 is 5.85. The van der Waals surface area contributed by atoms with Crippen molar-refractivity contribution >= 4 is 17.4 Å². The number of carbonyl (C=O) groups excluding carboxylic acids is 1. The number of ketones is 1. The van der Waals surface area contributed by atoms with Crippen molar-refractivity contribution in [2.45, 2.75) is 6.42 Å². The van der Waals surface area contributed by atoms with E-state index in [-0.39, 0.29) is 17.9 Å². The zero-order valence-corrected chi connectivity index (χ0v) is 8.57. The number of rotatable bonds is 3. The van der Waals surface area contributed by atoms with E-state index in [1.807, 2.05) is 0 Å². The summed E-state index contributed by atoms with van der Waals surface area (Å²) in [5, 5.41) is 0.369. The number of hydrogen-bond acceptors (Lipinski definition) is 3. The van der Waals surface area contributed by atoms with Crippen molar-refractivity contribution in [2.24, 2.45) is 0 Å². The van der Waals surface area contributed by atoms with Crippen LogP contribution < -0.4 is 0 Å². The predicted molar refractivity (Wildman–Crippen MR) is 56.0 cm³/mol. The Bertz CT molecular complexity index is 465. The zero-order chi connectivity index (χ0) is 10.7. The summed E-state index contributed by atoms with van der Waals surface area (Å²) in [7, 11) is 0. The van der Waals surface area contributed by atoms with E-state index < -0.39 is 0 Å². The van der Waals surface area contributed by atoms with Gasteiger partial charge in [0.05, 0.1) is 17.7 Å². The van der Waals surface area contributed by atoms with E-state index in [9.17, 15) is 4.79 Å². The molecule has 0 N–H and O–H groups in total. The smallest absolute Gasteiger partial charge is 0.190 e. The third-order valence-electron chi connectivity index (χ3n) is 1.94. The van der Waals surface area contributed by atoms with Crippen LogP contribution >= 0.6 is 11.6 Å². The Labute approximate surface area is 91.7 Å². The molecule has 0 saturated carbocycles. The highest BCUT2D eigenvalue weighted by Gasteiger charge is 2.13. The molecule has 0 bridgehead atoms. The van der Waals surface area contributed by atoms with E-state index in [0.29, 0.717) is 10.8 Å². The molecule has 76 valence electrons. The molecule has 0 aliphatic rings. The number of pyridine rings is 1. The molecule has 0 aromatic carbocycles. The minimum Gasteiger partial charge on any atom is -0.469 e. The lowest BCUT2D eigenvalue weighted by molar-refractivity contribution is 0.0982. The van der Waals surface area contributed by atoms with Crippen LogP contribution in [0.3, 0.4) is 0 Å². The molecule has 3 nitrogen and oxygen atoms in total. The number of halogens is 1.